The molecule has 178 valence electrons. The Morgan fingerprint density at radius 1 is 0.971 bits per heavy atom. The van der Waals surface area contributed by atoms with Crippen molar-refractivity contribution in [3.05, 3.63) is 95.2 Å². The second-order valence-electron chi connectivity index (χ2n) is 9.01. The monoisotopic (exact) mass is 462 g/mol. The van der Waals surface area contributed by atoms with Crippen LogP contribution in [0.25, 0.3) is 0 Å². The van der Waals surface area contributed by atoms with Gasteiger partial charge in [0.2, 0.25) is 11.8 Å². The number of rotatable bonds is 10. The van der Waals surface area contributed by atoms with Crippen LogP contribution >= 0.6 is 0 Å². The van der Waals surface area contributed by atoms with Crippen molar-refractivity contribution in [2.45, 2.75) is 45.7 Å². The fourth-order valence-corrected chi connectivity index (χ4v) is 4.37. The van der Waals surface area contributed by atoms with E-state index in [0.717, 1.165) is 24.2 Å². The summed E-state index contributed by atoms with van der Waals surface area (Å²) in [6.07, 6.45) is 1.60. The lowest BCUT2D eigenvalue weighted by Gasteiger charge is -2.27. The zero-order chi connectivity index (χ0) is 24.1. The van der Waals surface area contributed by atoms with Crippen molar-refractivity contribution in [1.29, 1.82) is 0 Å². The average molecular weight is 463 g/mol. The normalized spacial score (nSPS) is 16.8. The number of aryl methyl sites for hydroxylation is 1. The fourth-order valence-electron chi connectivity index (χ4n) is 4.37. The molecule has 0 radical (unpaired) electrons. The van der Waals surface area contributed by atoms with E-state index in [1.165, 1.54) is 17.7 Å². The van der Waals surface area contributed by atoms with E-state index in [4.69, 9.17) is 4.42 Å². The lowest BCUT2D eigenvalue weighted by molar-refractivity contribution is -0.142. The van der Waals surface area contributed by atoms with Crippen LogP contribution in [0.4, 0.5) is 4.39 Å². The van der Waals surface area contributed by atoms with Gasteiger partial charge in [-0.25, -0.2) is 4.39 Å². The molecule has 1 aromatic heterocycles. The Bertz CT molecular complexity index is 1110. The summed E-state index contributed by atoms with van der Waals surface area (Å²) in [5.74, 6) is 1.17. The van der Waals surface area contributed by atoms with Crippen LogP contribution in [-0.2, 0) is 22.7 Å². The lowest BCUT2D eigenvalue weighted by atomic mass is 10.1. The molecule has 1 aliphatic rings. The number of hydrogen-bond donors (Lipinski definition) is 0. The van der Waals surface area contributed by atoms with Crippen LogP contribution in [0, 0.1) is 18.7 Å². The van der Waals surface area contributed by atoms with E-state index in [-0.39, 0.29) is 42.6 Å². The maximum absolute atomic E-state index is 13.4. The molecule has 0 saturated heterocycles. The third-order valence-corrected chi connectivity index (χ3v) is 6.25. The second kappa shape index (κ2) is 10.7. The topological polar surface area (TPSA) is 53.8 Å². The Balaban J connectivity index is 1.47. The predicted molar refractivity (Wildman–Crippen MR) is 128 cm³/mol. The van der Waals surface area contributed by atoms with E-state index in [1.54, 1.807) is 21.9 Å². The Kier molecular flexibility index (Phi) is 7.46. The van der Waals surface area contributed by atoms with Crippen LogP contribution in [0.3, 0.4) is 0 Å². The summed E-state index contributed by atoms with van der Waals surface area (Å²) >= 11 is 0. The molecule has 2 amide bonds. The van der Waals surface area contributed by atoms with E-state index in [2.05, 4.69) is 12.1 Å². The number of amides is 2. The lowest BCUT2D eigenvalue weighted by Crippen LogP contribution is -2.43. The van der Waals surface area contributed by atoms with Gasteiger partial charge in [-0.2, -0.15) is 0 Å². The second-order valence-corrected chi connectivity index (χ2v) is 9.01. The van der Waals surface area contributed by atoms with Gasteiger partial charge in [-0.05, 0) is 61.1 Å². The number of hydrogen-bond acceptors (Lipinski definition) is 3. The molecule has 5 nitrogen and oxygen atoms in total. The summed E-state index contributed by atoms with van der Waals surface area (Å²) in [4.78, 5) is 30.1. The summed E-state index contributed by atoms with van der Waals surface area (Å²) < 4.78 is 19.1. The number of carbonyl (C=O) groups excluding carboxylic acids is 2. The van der Waals surface area contributed by atoms with E-state index in [0.29, 0.717) is 18.8 Å². The third kappa shape index (κ3) is 5.93. The first-order valence-electron chi connectivity index (χ1n) is 11.9. The summed E-state index contributed by atoms with van der Waals surface area (Å²) in [5, 5.41) is 0. The third-order valence-electron chi connectivity index (χ3n) is 6.25. The van der Waals surface area contributed by atoms with Crippen LogP contribution in [0.1, 0.15) is 48.3 Å². The van der Waals surface area contributed by atoms with Gasteiger partial charge in [0.25, 0.3) is 0 Å². The Morgan fingerprint density at radius 2 is 1.71 bits per heavy atom. The van der Waals surface area contributed by atoms with Crippen molar-refractivity contribution < 1.29 is 18.4 Å². The van der Waals surface area contributed by atoms with Crippen molar-refractivity contribution in [3.8, 4) is 0 Å². The van der Waals surface area contributed by atoms with Gasteiger partial charge in [-0.1, -0.05) is 49.4 Å². The number of benzene rings is 2. The molecule has 3 aromatic rings. The number of carbonyl (C=O) groups is 2. The van der Waals surface area contributed by atoms with Gasteiger partial charge in [0.05, 0.1) is 13.1 Å². The highest BCUT2D eigenvalue weighted by Crippen LogP contribution is 2.48. The minimum atomic E-state index is -0.319. The molecule has 6 heteroatoms. The molecule has 2 aromatic carbocycles. The van der Waals surface area contributed by atoms with Gasteiger partial charge in [0.1, 0.15) is 17.3 Å². The van der Waals surface area contributed by atoms with Crippen LogP contribution in [0.15, 0.2) is 71.1 Å². The zero-order valence-electron chi connectivity index (χ0n) is 19.7. The van der Waals surface area contributed by atoms with Gasteiger partial charge < -0.3 is 14.2 Å². The van der Waals surface area contributed by atoms with Crippen LogP contribution in [-0.4, -0.2) is 34.7 Å². The highest BCUT2D eigenvalue weighted by molar-refractivity contribution is 5.88. The van der Waals surface area contributed by atoms with E-state index in [9.17, 15) is 14.0 Å². The summed E-state index contributed by atoms with van der Waals surface area (Å²) in [5.41, 5.74) is 1.99. The average Bonchev–Trinajstić information content (AvgIpc) is 3.54. The van der Waals surface area contributed by atoms with Crippen LogP contribution in [0.5, 0.6) is 0 Å². The molecule has 0 spiro atoms. The van der Waals surface area contributed by atoms with Crippen LogP contribution < -0.4 is 0 Å². The highest BCUT2D eigenvalue weighted by atomic mass is 19.1. The van der Waals surface area contributed by atoms with Crippen molar-refractivity contribution in [1.82, 2.24) is 9.80 Å². The molecular formula is C28H31FN2O3. The highest BCUT2D eigenvalue weighted by Gasteiger charge is 2.45. The van der Waals surface area contributed by atoms with Gasteiger partial charge in [0, 0.05) is 19.0 Å². The number of halogens is 1. The first-order chi connectivity index (χ1) is 16.4. The number of nitrogens with zero attached hydrogens (tertiary/aromatic N) is 2. The van der Waals surface area contributed by atoms with Crippen molar-refractivity contribution in [2.75, 3.05) is 13.1 Å². The summed E-state index contributed by atoms with van der Waals surface area (Å²) in [6.45, 7) is 5.01. The molecule has 2 unspecified atom stereocenters. The van der Waals surface area contributed by atoms with Gasteiger partial charge in [-0.15, -0.1) is 0 Å². The molecule has 4 rings (SSSR count). The molecule has 1 fully saturated rings. The number of furan rings is 1. The van der Waals surface area contributed by atoms with E-state index in [1.807, 2.05) is 44.2 Å². The largest absolute Gasteiger partial charge is 0.464 e. The maximum Gasteiger partial charge on any atom is 0.242 e. The summed E-state index contributed by atoms with van der Waals surface area (Å²) in [7, 11) is 0. The van der Waals surface area contributed by atoms with Crippen molar-refractivity contribution in [2.24, 2.45) is 5.92 Å². The Labute approximate surface area is 200 Å². The van der Waals surface area contributed by atoms with Crippen molar-refractivity contribution in [3.63, 3.8) is 0 Å². The first kappa shape index (κ1) is 23.7. The maximum atomic E-state index is 13.4. The summed E-state index contributed by atoms with van der Waals surface area (Å²) in [6, 6.07) is 19.9. The molecule has 1 aliphatic carbocycles. The molecule has 1 heterocycles. The van der Waals surface area contributed by atoms with Crippen molar-refractivity contribution >= 4 is 11.8 Å². The minimum Gasteiger partial charge on any atom is -0.464 e. The smallest absolute Gasteiger partial charge is 0.242 e. The first-order valence-corrected chi connectivity index (χ1v) is 11.9. The molecule has 0 bridgehead atoms. The molecular weight excluding hydrogens is 431 g/mol. The van der Waals surface area contributed by atoms with Gasteiger partial charge >= 0.3 is 0 Å². The standard InChI is InChI=1S/C28H31FN2O3/c1-3-15-30(28(33)26-16-25(26)22-7-5-4-6-8-22)19-27(32)31(18-24-14-9-20(2)34-24)17-21-10-12-23(29)13-11-21/h4-14,25-26H,3,15-19H2,1-2H3. The molecule has 1 saturated carbocycles. The molecule has 0 aliphatic heterocycles. The Morgan fingerprint density at radius 3 is 2.35 bits per heavy atom. The molecule has 34 heavy (non-hydrogen) atoms. The van der Waals surface area contributed by atoms with Gasteiger partial charge in [-0.3, -0.25) is 9.59 Å². The van der Waals surface area contributed by atoms with Gasteiger partial charge in [0.15, 0.2) is 0 Å². The fraction of sp³-hybridized carbons (Fsp3) is 0.357. The SMILES string of the molecule is CCCN(CC(=O)N(Cc1ccc(F)cc1)Cc1ccc(C)o1)C(=O)C1CC1c1ccccc1. The van der Waals surface area contributed by atoms with Crippen LogP contribution in [0.2, 0.25) is 0 Å². The predicted octanol–water partition coefficient (Wildman–Crippen LogP) is 5.30. The Hall–Kier alpha value is -3.41. The molecule has 2 atom stereocenters. The van der Waals surface area contributed by atoms with E-state index >= 15 is 0 Å². The quantitative estimate of drug-likeness (QED) is 0.411. The molecule has 0 N–H and O–H groups in total. The minimum absolute atomic E-state index is 0.0194. The van der Waals surface area contributed by atoms with E-state index < -0.39 is 0 Å². The zero-order valence-corrected chi connectivity index (χ0v) is 19.7.